The summed E-state index contributed by atoms with van der Waals surface area (Å²) in [6, 6.07) is 7.86. The summed E-state index contributed by atoms with van der Waals surface area (Å²) in [7, 11) is 0.971. The number of rotatable bonds is 3. The molecule has 2 rings (SSSR count). The lowest BCUT2D eigenvalue weighted by atomic mass is 10.1. The number of aliphatic hydroxyl groups is 1. The minimum Gasteiger partial charge on any atom is -0.399 e. The molecule has 1 aliphatic rings. The van der Waals surface area contributed by atoms with E-state index in [1.165, 1.54) is 0 Å². The Balaban J connectivity index is 2.10. The van der Waals surface area contributed by atoms with Crippen LogP contribution in [0.1, 0.15) is 12.8 Å². The highest BCUT2D eigenvalue weighted by Crippen LogP contribution is 2.41. The topological polar surface area (TPSA) is 58.7 Å². The molecular weight excluding hydrogens is 235 g/mol. The van der Waals surface area contributed by atoms with E-state index in [4.69, 9.17) is 10.3 Å². The second-order valence-corrected chi connectivity index (χ2v) is 6.23. The number of nitrogens with two attached hydrogens (primary N) is 1. The molecule has 17 heavy (non-hydrogen) atoms. The summed E-state index contributed by atoms with van der Waals surface area (Å²) >= 11 is 0. The van der Waals surface area contributed by atoms with Gasteiger partial charge in [-0.1, -0.05) is 12.1 Å². The molecule has 1 aromatic rings. The van der Waals surface area contributed by atoms with E-state index in [0.29, 0.717) is 0 Å². The van der Waals surface area contributed by atoms with E-state index in [9.17, 15) is 5.11 Å². The number of piperidine rings is 1. The number of aliphatic hydroxyl groups excluding tert-OH is 1. The molecule has 0 spiro atoms. The van der Waals surface area contributed by atoms with Crippen LogP contribution >= 0.6 is 8.30 Å². The maximum absolute atomic E-state index is 9.52. The van der Waals surface area contributed by atoms with Crippen molar-refractivity contribution in [2.75, 3.05) is 25.9 Å². The Morgan fingerprint density at radius 1 is 1.41 bits per heavy atom. The van der Waals surface area contributed by atoms with Gasteiger partial charge >= 0.3 is 0 Å². The van der Waals surface area contributed by atoms with Gasteiger partial charge in [-0.15, -0.1) is 0 Å². The zero-order valence-corrected chi connectivity index (χ0v) is 10.9. The van der Waals surface area contributed by atoms with Gasteiger partial charge in [-0.3, -0.25) is 4.67 Å². The van der Waals surface area contributed by atoms with E-state index in [1.807, 2.05) is 18.2 Å². The summed E-state index contributed by atoms with van der Waals surface area (Å²) in [4.78, 5) is 0. The number of nitrogen functional groups attached to an aromatic ring is 1. The summed E-state index contributed by atoms with van der Waals surface area (Å²) in [6.45, 7) is 1.77. The van der Waals surface area contributed by atoms with E-state index in [1.54, 1.807) is 7.11 Å². The third kappa shape index (κ3) is 3.17. The Morgan fingerprint density at radius 3 is 2.71 bits per heavy atom. The number of anilines is 1. The third-order valence-electron chi connectivity index (χ3n) is 2.96. The van der Waals surface area contributed by atoms with Crippen LogP contribution in [0.2, 0.25) is 0 Å². The van der Waals surface area contributed by atoms with Crippen LogP contribution in [0.5, 0.6) is 0 Å². The zero-order valence-electron chi connectivity index (χ0n) is 10.0. The number of hydrogen-bond donors (Lipinski definition) is 2. The van der Waals surface area contributed by atoms with Gasteiger partial charge in [0, 0.05) is 31.2 Å². The molecule has 0 radical (unpaired) electrons. The van der Waals surface area contributed by atoms with E-state index >= 15 is 0 Å². The van der Waals surface area contributed by atoms with Gasteiger partial charge in [-0.05, 0) is 25.0 Å². The Hall–Kier alpha value is -0.670. The van der Waals surface area contributed by atoms with Gasteiger partial charge in [0.25, 0.3) is 0 Å². The van der Waals surface area contributed by atoms with Crippen molar-refractivity contribution < 1.29 is 9.63 Å². The van der Waals surface area contributed by atoms with Gasteiger partial charge in [0.2, 0.25) is 0 Å². The van der Waals surface area contributed by atoms with E-state index in [2.05, 4.69) is 10.7 Å². The summed E-state index contributed by atoms with van der Waals surface area (Å²) in [5.41, 5.74) is 6.57. The fourth-order valence-corrected chi connectivity index (χ4v) is 3.90. The first kappa shape index (κ1) is 12.8. The average Bonchev–Trinajstić information content (AvgIpc) is 2.33. The van der Waals surface area contributed by atoms with Gasteiger partial charge in [0.05, 0.1) is 6.10 Å². The summed E-state index contributed by atoms with van der Waals surface area (Å²) in [5, 5.41) is 10.7. The smallest absolute Gasteiger partial charge is 0.137 e. The molecule has 0 aliphatic carbocycles. The summed E-state index contributed by atoms with van der Waals surface area (Å²) in [6.07, 6.45) is 1.50. The Labute approximate surface area is 103 Å². The molecule has 5 heteroatoms. The highest BCUT2D eigenvalue weighted by atomic mass is 31.2. The van der Waals surface area contributed by atoms with Crippen LogP contribution in [-0.4, -0.2) is 36.1 Å². The van der Waals surface area contributed by atoms with Gasteiger partial charge in [0.15, 0.2) is 0 Å². The zero-order chi connectivity index (χ0) is 12.3. The molecule has 4 nitrogen and oxygen atoms in total. The highest BCUT2D eigenvalue weighted by molar-refractivity contribution is 7.58. The second-order valence-electron chi connectivity index (χ2n) is 4.24. The van der Waals surface area contributed by atoms with Gasteiger partial charge in [-0.25, -0.2) is 0 Å². The van der Waals surface area contributed by atoms with Crippen LogP contribution < -0.4 is 11.0 Å². The molecule has 3 N–H and O–H groups in total. The molecule has 1 fully saturated rings. The Morgan fingerprint density at radius 2 is 2.12 bits per heavy atom. The van der Waals surface area contributed by atoms with Crippen molar-refractivity contribution in [1.82, 2.24) is 4.67 Å². The standard InChI is InChI=1S/C12H19N2O2P/c1-16-17(12-4-2-3-10(13)9-12)14-7-5-11(15)6-8-14/h2-4,9,11,15H,5-8,13H2,1H3. The maximum Gasteiger partial charge on any atom is 0.137 e. The molecule has 1 aliphatic heterocycles. The maximum atomic E-state index is 9.52. The monoisotopic (exact) mass is 254 g/mol. The minimum atomic E-state index is -0.765. The normalized spacial score (nSPS) is 20.4. The molecule has 1 aromatic carbocycles. The second kappa shape index (κ2) is 5.78. The number of hydrogen-bond acceptors (Lipinski definition) is 4. The van der Waals surface area contributed by atoms with Crippen molar-refractivity contribution in [3.05, 3.63) is 24.3 Å². The highest BCUT2D eigenvalue weighted by Gasteiger charge is 2.25. The summed E-state index contributed by atoms with van der Waals surface area (Å²) < 4.78 is 7.92. The van der Waals surface area contributed by atoms with Crippen molar-refractivity contribution >= 4 is 19.3 Å². The van der Waals surface area contributed by atoms with Crippen LogP contribution in [0.4, 0.5) is 5.69 Å². The van der Waals surface area contributed by atoms with Crippen LogP contribution in [0, 0.1) is 0 Å². The SMILES string of the molecule is COP(c1cccc(N)c1)N1CCC(O)CC1. The van der Waals surface area contributed by atoms with E-state index in [0.717, 1.165) is 36.9 Å². The number of benzene rings is 1. The lowest BCUT2D eigenvalue weighted by molar-refractivity contribution is 0.111. The lowest BCUT2D eigenvalue weighted by Gasteiger charge is -2.34. The fraction of sp³-hybridized carbons (Fsp3) is 0.500. The molecule has 1 unspecified atom stereocenters. The van der Waals surface area contributed by atoms with Crippen molar-refractivity contribution in [3.8, 4) is 0 Å². The van der Waals surface area contributed by atoms with Gasteiger partial charge in [-0.2, -0.15) is 0 Å². The average molecular weight is 254 g/mol. The molecule has 1 heterocycles. The van der Waals surface area contributed by atoms with E-state index in [-0.39, 0.29) is 6.10 Å². The molecule has 0 amide bonds. The van der Waals surface area contributed by atoms with E-state index < -0.39 is 8.30 Å². The lowest BCUT2D eigenvalue weighted by Crippen LogP contribution is -2.34. The molecular formula is C12H19N2O2P. The molecule has 0 saturated carbocycles. The molecule has 94 valence electrons. The third-order valence-corrected chi connectivity index (χ3v) is 4.94. The molecule has 1 atom stereocenters. The van der Waals surface area contributed by atoms with Crippen molar-refractivity contribution in [1.29, 1.82) is 0 Å². The van der Waals surface area contributed by atoms with Crippen molar-refractivity contribution in [2.45, 2.75) is 18.9 Å². The minimum absolute atomic E-state index is 0.152. The predicted octanol–water partition coefficient (Wildman–Crippen LogP) is 1.31. The van der Waals surface area contributed by atoms with Crippen LogP contribution in [0.25, 0.3) is 0 Å². The molecule has 0 bridgehead atoms. The number of nitrogens with zero attached hydrogens (tertiary/aromatic N) is 1. The Kier molecular flexibility index (Phi) is 4.35. The van der Waals surface area contributed by atoms with Gasteiger partial charge < -0.3 is 15.4 Å². The van der Waals surface area contributed by atoms with Gasteiger partial charge in [0.1, 0.15) is 8.30 Å². The molecule has 0 aromatic heterocycles. The summed E-state index contributed by atoms with van der Waals surface area (Å²) in [5.74, 6) is 0. The predicted molar refractivity (Wildman–Crippen MR) is 71.2 cm³/mol. The molecule has 1 saturated heterocycles. The Bertz CT molecular complexity index is 367. The quantitative estimate of drug-likeness (QED) is 0.630. The van der Waals surface area contributed by atoms with Crippen LogP contribution in [-0.2, 0) is 4.52 Å². The first-order chi connectivity index (χ1) is 8.20. The van der Waals surface area contributed by atoms with Crippen molar-refractivity contribution in [3.63, 3.8) is 0 Å². The van der Waals surface area contributed by atoms with Crippen LogP contribution in [0.15, 0.2) is 24.3 Å². The first-order valence-electron chi connectivity index (χ1n) is 5.83. The first-order valence-corrected chi connectivity index (χ1v) is 7.04. The largest absolute Gasteiger partial charge is 0.399 e. The van der Waals surface area contributed by atoms with Crippen molar-refractivity contribution in [2.24, 2.45) is 0 Å². The fourth-order valence-electron chi connectivity index (χ4n) is 2.06. The van der Waals surface area contributed by atoms with Crippen LogP contribution in [0.3, 0.4) is 0 Å².